The van der Waals surface area contributed by atoms with Crippen molar-refractivity contribution in [3.63, 3.8) is 0 Å². The summed E-state index contributed by atoms with van der Waals surface area (Å²) in [6, 6.07) is 0.996. The number of pyridine rings is 1. The number of halogens is 2. The van der Waals surface area contributed by atoms with E-state index in [1.807, 2.05) is 0 Å². The number of carbonyl (C=O) groups is 1. The highest BCUT2D eigenvalue weighted by Crippen LogP contribution is 2.26. The number of ether oxygens (including phenoxy) is 1. The van der Waals surface area contributed by atoms with Gasteiger partial charge in [-0.2, -0.15) is 0 Å². The van der Waals surface area contributed by atoms with E-state index in [0.29, 0.717) is 6.29 Å². The first-order chi connectivity index (χ1) is 7.13. The Balaban J connectivity index is 3.35. The Kier molecular flexibility index (Phi) is 3.68. The Morgan fingerprint density at radius 2 is 2.33 bits per heavy atom. The third-order valence-corrected chi connectivity index (χ3v) is 1.84. The highest BCUT2D eigenvalue weighted by Gasteiger charge is 2.16. The summed E-state index contributed by atoms with van der Waals surface area (Å²) in [6.45, 7) is -0.0649. The average Bonchev–Trinajstić information content (AvgIpc) is 2.26. The first-order valence-corrected chi connectivity index (χ1v) is 4.15. The molecular formula is C9H10F2N2O2. The molecule has 0 aliphatic rings. The van der Waals surface area contributed by atoms with Gasteiger partial charge in [-0.3, -0.25) is 4.79 Å². The molecule has 1 aromatic rings. The van der Waals surface area contributed by atoms with Crippen LogP contribution >= 0.6 is 0 Å². The van der Waals surface area contributed by atoms with Gasteiger partial charge in [-0.15, -0.1) is 0 Å². The van der Waals surface area contributed by atoms with Gasteiger partial charge in [0.2, 0.25) is 0 Å². The van der Waals surface area contributed by atoms with E-state index in [1.165, 1.54) is 7.11 Å². The summed E-state index contributed by atoms with van der Waals surface area (Å²) < 4.78 is 29.6. The lowest BCUT2D eigenvalue weighted by Crippen LogP contribution is -2.08. The SMILES string of the molecule is COc1c(C=O)cc(C(F)F)nc1CN. The number of methoxy groups -OCH3 is 1. The van der Waals surface area contributed by atoms with Gasteiger partial charge in [0, 0.05) is 6.54 Å². The fourth-order valence-electron chi connectivity index (χ4n) is 1.20. The monoisotopic (exact) mass is 216 g/mol. The second-order valence-corrected chi connectivity index (χ2v) is 2.74. The Morgan fingerprint density at radius 1 is 1.67 bits per heavy atom. The van der Waals surface area contributed by atoms with E-state index in [4.69, 9.17) is 10.5 Å². The third kappa shape index (κ3) is 2.27. The van der Waals surface area contributed by atoms with Crippen molar-refractivity contribution in [3.8, 4) is 5.75 Å². The molecule has 4 nitrogen and oxygen atoms in total. The number of hydrogen-bond donors (Lipinski definition) is 1. The van der Waals surface area contributed by atoms with E-state index in [-0.39, 0.29) is 23.6 Å². The number of carbonyl (C=O) groups excluding carboxylic acids is 1. The van der Waals surface area contributed by atoms with Gasteiger partial charge in [0.05, 0.1) is 18.4 Å². The summed E-state index contributed by atoms with van der Waals surface area (Å²) >= 11 is 0. The summed E-state index contributed by atoms with van der Waals surface area (Å²) in [4.78, 5) is 14.2. The summed E-state index contributed by atoms with van der Waals surface area (Å²) in [5.74, 6) is 0.150. The van der Waals surface area contributed by atoms with Gasteiger partial charge in [0.1, 0.15) is 5.69 Å². The normalized spacial score (nSPS) is 10.5. The molecule has 0 bridgehead atoms. The summed E-state index contributed by atoms with van der Waals surface area (Å²) in [6.07, 6.45) is -2.30. The van der Waals surface area contributed by atoms with E-state index in [1.54, 1.807) is 0 Å². The van der Waals surface area contributed by atoms with Crippen molar-refractivity contribution in [1.82, 2.24) is 4.98 Å². The van der Waals surface area contributed by atoms with Crippen molar-refractivity contribution in [2.45, 2.75) is 13.0 Å². The van der Waals surface area contributed by atoms with Crippen molar-refractivity contribution >= 4 is 6.29 Å². The molecule has 0 aliphatic heterocycles. The second-order valence-electron chi connectivity index (χ2n) is 2.74. The van der Waals surface area contributed by atoms with E-state index in [2.05, 4.69) is 4.98 Å². The van der Waals surface area contributed by atoms with Crippen LogP contribution in [0.2, 0.25) is 0 Å². The fourth-order valence-corrected chi connectivity index (χ4v) is 1.20. The Morgan fingerprint density at radius 3 is 2.73 bits per heavy atom. The highest BCUT2D eigenvalue weighted by atomic mass is 19.3. The molecule has 0 saturated carbocycles. The molecule has 0 radical (unpaired) electrons. The predicted octanol–water partition coefficient (Wildman–Crippen LogP) is 1.30. The van der Waals surface area contributed by atoms with Gasteiger partial charge in [-0.05, 0) is 6.07 Å². The van der Waals surface area contributed by atoms with Crippen molar-refractivity contribution in [1.29, 1.82) is 0 Å². The summed E-state index contributed by atoms with van der Waals surface area (Å²) in [5.41, 5.74) is 5.02. The molecule has 1 aromatic heterocycles. The Labute approximate surface area is 85.1 Å². The van der Waals surface area contributed by atoms with Crippen LogP contribution in [0.5, 0.6) is 5.75 Å². The highest BCUT2D eigenvalue weighted by molar-refractivity contribution is 5.80. The van der Waals surface area contributed by atoms with Crippen molar-refractivity contribution in [3.05, 3.63) is 23.0 Å². The maximum atomic E-state index is 12.4. The minimum Gasteiger partial charge on any atom is -0.494 e. The third-order valence-electron chi connectivity index (χ3n) is 1.84. The van der Waals surface area contributed by atoms with Crippen LogP contribution in [-0.4, -0.2) is 18.4 Å². The van der Waals surface area contributed by atoms with Crippen LogP contribution in [0.3, 0.4) is 0 Å². The molecule has 0 fully saturated rings. The quantitative estimate of drug-likeness (QED) is 0.770. The Hall–Kier alpha value is -1.56. The van der Waals surface area contributed by atoms with E-state index in [0.717, 1.165) is 6.07 Å². The van der Waals surface area contributed by atoms with Gasteiger partial charge >= 0.3 is 0 Å². The lowest BCUT2D eigenvalue weighted by Gasteiger charge is -2.10. The number of hydrogen-bond acceptors (Lipinski definition) is 4. The zero-order valence-corrected chi connectivity index (χ0v) is 8.04. The van der Waals surface area contributed by atoms with Crippen LogP contribution in [0.1, 0.15) is 28.2 Å². The number of alkyl halides is 2. The molecule has 1 rings (SSSR count). The summed E-state index contributed by atoms with van der Waals surface area (Å²) in [7, 11) is 1.32. The van der Waals surface area contributed by atoms with Crippen LogP contribution in [0.4, 0.5) is 8.78 Å². The van der Waals surface area contributed by atoms with Crippen LogP contribution in [0.25, 0.3) is 0 Å². The molecule has 2 N–H and O–H groups in total. The van der Waals surface area contributed by atoms with Gasteiger partial charge in [-0.1, -0.05) is 0 Å². The smallest absolute Gasteiger partial charge is 0.280 e. The maximum Gasteiger partial charge on any atom is 0.280 e. The molecule has 0 amide bonds. The molecule has 15 heavy (non-hydrogen) atoms. The largest absolute Gasteiger partial charge is 0.494 e. The number of rotatable bonds is 4. The van der Waals surface area contributed by atoms with Gasteiger partial charge in [-0.25, -0.2) is 13.8 Å². The molecule has 1 heterocycles. The second kappa shape index (κ2) is 4.79. The van der Waals surface area contributed by atoms with Gasteiger partial charge < -0.3 is 10.5 Å². The number of aldehydes is 1. The van der Waals surface area contributed by atoms with Crippen LogP contribution in [0.15, 0.2) is 6.07 Å². The molecule has 0 aromatic carbocycles. The number of nitrogens with zero attached hydrogens (tertiary/aromatic N) is 1. The van der Waals surface area contributed by atoms with Crippen LogP contribution < -0.4 is 10.5 Å². The first kappa shape index (κ1) is 11.5. The van der Waals surface area contributed by atoms with Crippen LogP contribution in [0, 0.1) is 0 Å². The first-order valence-electron chi connectivity index (χ1n) is 4.15. The lowest BCUT2D eigenvalue weighted by molar-refractivity contribution is 0.111. The van der Waals surface area contributed by atoms with E-state index in [9.17, 15) is 13.6 Å². The fraction of sp³-hybridized carbons (Fsp3) is 0.333. The maximum absolute atomic E-state index is 12.4. The number of aromatic nitrogens is 1. The minimum absolute atomic E-state index is 0.0308. The molecular weight excluding hydrogens is 206 g/mol. The Bertz CT molecular complexity index is 369. The molecule has 0 saturated heterocycles. The topological polar surface area (TPSA) is 65.2 Å². The molecule has 0 spiro atoms. The average molecular weight is 216 g/mol. The zero-order valence-electron chi connectivity index (χ0n) is 8.04. The summed E-state index contributed by atoms with van der Waals surface area (Å²) in [5, 5.41) is 0. The molecule has 0 aliphatic carbocycles. The van der Waals surface area contributed by atoms with E-state index < -0.39 is 12.1 Å². The van der Waals surface area contributed by atoms with Gasteiger partial charge in [0.25, 0.3) is 6.43 Å². The van der Waals surface area contributed by atoms with Crippen molar-refractivity contribution < 1.29 is 18.3 Å². The molecule has 0 unspecified atom stereocenters. The lowest BCUT2D eigenvalue weighted by atomic mass is 10.1. The molecule has 82 valence electrons. The van der Waals surface area contributed by atoms with E-state index >= 15 is 0 Å². The predicted molar refractivity (Wildman–Crippen MR) is 49.0 cm³/mol. The molecule has 6 heteroatoms. The zero-order chi connectivity index (χ0) is 11.4. The van der Waals surface area contributed by atoms with Crippen LogP contribution in [-0.2, 0) is 6.54 Å². The standard InChI is InChI=1S/C9H10F2N2O2/c1-15-8-5(4-14)2-6(9(10)11)13-7(8)3-12/h2,4,9H,3,12H2,1H3. The van der Waals surface area contributed by atoms with Crippen molar-refractivity contribution in [2.75, 3.05) is 7.11 Å². The van der Waals surface area contributed by atoms with Crippen molar-refractivity contribution in [2.24, 2.45) is 5.73 Å². The van der Waals surface area contributed by atoms with Gasteiger partial charge in [0.15, 0.2) is 12.0 Å². The minimum atomic E-state index is -2.74. The molecule has 0 atom stereocenters. The number of nitrogens with two attached hydrogens (primary N) is 1.